The molecular weight excluding hydrogens is 144 g/mol. The molecule has 0 heterocycles. The van der Waals surface area contributed by atoms with Gasteiger partial charge in [0.1, 0.15) is 0 Å². The van der Waals surface area contributed by atoms with E-state index in [0.29, 0.717) is 0 Å². The Bertz CT molecular complexity index is 41.0. The molecular formula is C4H9CuO2. The fourth-order valence-electron chi connectivity index (χ4n) is 0. The average molecular weight is 153 g/mol. The van der Waals surface area contributed by atoms with Gasteiger partial charge in [-0.2, -0.15) is 0 Å². The van der Waals surface area contributed by atoms with Crippen LogP contribution in [0.15, 0.2) is 0 Å². The molecule has 0 saturated carbocycles. The van der Waals surface area contributed by atoms with Gasteiger partial charge in [-0.3, -0.25) is 4.79 Å². The van der Waals surface area contributed by atoms with Gasteiger partial charge in [-0.25, -0.2) is 0 Å². The number of hydrogen-bond acceptors (Lipinski definition) is 1. The van der Waals surface area contributed by atoms with Gasteiger partial charge < -0.3 is 5.11 Å². The van der Waals surface area contributed by atoms with E-state index in [2.05, 4.69) is 16.0 Å². The van der Waals surface area contributed by atoms with Crippen LogP contribution in [0.5, 0.6) is 0 Å². The van der Waals surface area contributed by atoms with Crippen LogP contribution in [0.25, 0.3) is 0 Å². The Morgan fingerprint density at radius 1 is 1.86 bits per heavy atom. The fourth-order valence-corrected chi connectivity index (χ4v) is 0. The summed E-state index contributed by atoms with van der Waals surface area (Å²) in [7, 11) is 0. The van der Waals surface area contributed by atoms with E-state index in [1.165, 1.54) is 0 Å². The first kappa shape index (κ1) is 10.1. The van der Waals surface area contributed by atoms with Crippen LogP contribution in [0.4, 0.5) is 0 Å². The number of hydrogen-bond donors (Lipinski definition) is 1. The monoisotopic (exact) mass is 152 g/mol. The molecule has 0 aromatic carbocycles. The van der Waals surface area contributed by atoms with Crippen LogP contribution in [0.2, 0.25) is 5.32 Å². The molecule has 0 fully saturated rings. The predicted molar refractivity (Wildman–Crippen MR) is 23.8 cm³/mol. The van der Waals surface area contributed by atoms with Crippen molar-refractivity contribution in [3.8, 4) is 0 Å². The molecule has 1 N–H and O–H groups in total. The Hall–Kier alpha value is -0.0105. The minimum absolute atomic E-state index is 0.812. The fraction of sp³-hybridized carbons (Fsp3) is 0.750. The topological polar surface area (TPSA) is 37.3 Å². The van der Waals surface area contributed by atoms with Crippen LogP contribution in [-0.2, 0) is 20.8 Å². The molecule has 0 spiro atoms. The zero-order valence-electron chi connectivity index (χ0n) is 4.36. The molecule has 0 radical (unpaired) electrons. The first-order chi connectivity index (χ1) is 3.15. The molecule has 0 atom stereocenters. The van der Waals surface area contributed by atoms with E-state index in [-0.39, 0.29) is 0 Å². The quantitative estimate of drug-likeness (QED) is 0.528. The normalized spacial score (nSPS) is 6.29. The first-order valence-electron chi connectivity index (χ1n) is 1.85. The molecule has 0 aliphatic heterocycles. The van der Waals surface area contributed by atoms with Gasteiger partial charge in [0.2, 0.25) is 0 Å². The van der Waals surface area contributed by atoms with Crippen molar-refractivity contribution in [2.45, 2.75) is 19.2 Å². The van der Waals surface area contributed by atoms with E-state index in [0.717, 1.165) is 12.2 Å². The van der Waals surface area contributed by atoms with Crippen molar-refractivity contribution in [3.05, 3.63) is 0 Å². The molecule has 2 nitrogen and oxygen atoms in total. The maximum absolute atomic E-state index is 9.00. The Kier molecular flexibility index (Phi) is 13.5. The van der Waals surface area contributed by atoms with Gasteiger partial charge in [0.05, 0.1) is 0 Å². The van der Waals surface area contributed by atoms with Gasteiger partial charge in [0, 0.05) is 6.92 Å². The summed E-state index contributed by atoms with van der Waals surface area (Å²) in [4.78, 5) is 9.00. The van der Waals surface area contributed by atoms with E-state index < -0.39 is 5.97 Å². The van der Waals surface area contributed by atoms with Crippen LogP contribution in [0.1, 0.15) is 13.8 Å². The van der Waals surface area contributed by atoms with Gasteiger partial charge in [0.25, 0.3) is 5.97 Å². The van der Waals surface area contributed by atoms with Crippen molar-refractivity contribution in [2.24, 2.45) is 0 Å². The summed E-state index contributed by atoms with van der Waals surface area (Å²) in [6, 6.07) is 0. The second-order valence-corrected chi connectivity index (χ2v) is 1.40. The Labute approximate surface area is 51.7 Å². The summed E-state index contributed by atoms with van der Waals surface area (Å²) in [5.74, 6) is -0.833. The van der Waals surface area contributed by atoms with Gasteiger partial charge in [-0.1, -0.05) is 0 Å². The Morgan fingerprint density at radius 2 is 1.86 bits per heavy atom. The van der Waals surface area contributed by atoms with E-state index >= 15 is 0 Å². The summed E-state index contributed by atoms with van der Waals surface area (Å²) in [5, 5.41) is 8.23. The summed E-state index contributed by atoms with van der Waals surface area (Å²) in [6.07, 6.45) is 0. The molecule has 0 aliphatic rings. The van der Waals surface area contributed by atoms with E-state index in [1.54, 1.807) is 0 Å². The standard InChI is InChI=1S/C2H4O2.C2H5.Cu/c1-2(3)4;1-2;/h1H3,(H,3,4);1H2,2H3;. The molecule has 0 aromatic rings. The molecule has 0 unspecified atom stereocenters. The number of carbonyl (C=O) groups is 1. The van der Waals surface area contributed by atoms with Crippen molar-refractivity contribution < 1.29 is 25.9 Å². The summed E-state index contributed by atoms with van der Waals surface area (Å²) < 4.78 is 0. The zero-order valence-corrected chi connectivity index (χ0v) is 5.31. The third kappa shape index (κ3) is 861000. The molecule has 0 rings (SSSR count). The average Bonchev–Trinajstić information content (AvgIpc) is 1.33. The molecule has 3 heteroatoms. The van der Waals surface area contributed by atoms with Gasteiger partial charge in [0.15, 0.2) is 0 Å². The van der Waals surface area contributed by atoms with Crippen LogP contribution < -0.4 is 0 Å². The summed E-state index contributed by atoms with van der Waals surface area (Å²) in [6.45, 7) is 3.01. The number of carboxylic acid groups (broad SMARTS) is 1. The second-order valence-electron chi connectivity index (χ2n) is 0.732. The van der Waals surface area contributed by atoms with Crippen molar-refractivity contribution in [1.82, 2.24) is 0 Å². The SMILES string of the molecule is CC(=O)O.C[CH2][Cu]. The van der Waals surface area contributed by atoms with Crippen molar-refractivity contribution >= 4 is 5.97 Å². The van der Waals surface area contributed by atoms with Gasteiger partial charge in [-0.05, 0) is 0 Å². The Morgan fingerprint density at radius 3 is 1.86 bits per heavy atom. The number of aliphatic carboxylic acids is 1. The molecule has 0 saturated heterocycles. The van der Waals surface area contributed by atoms with Crippen LogP contribution in [-0.4, -0.2) is 11.1 Å². The summed E-state index contributed by atoms with van der Waals surface area (Å²) >= 11 is 4.51. The summed E-state index contributed by atoms with van der Waals surface area (Å²) in [5.41, 5.74) is 0. The van der Waals surface area contributed by atoms with E-state index in [4.69, 9.17) is 9.90 Å². The predicted octanol–water partition coefficient (Wildman–Crippen LogP) is 1.06. The zero-order chi connectivity index (χ0) is 6.28. The van der Waals surface area contributed by atoms with Crippen LogP contribution in [0.3, 0.4) is 0 Å². The molecule has 0 aliphatic carbocycles. The van der Waals surface area contributed by atoms with E-state index in [1.807, 2.05) is 6.92 Å². The van der Waals surface area contributed by atoms with Crippen LogP contribution >= 0.6 is 0 Å². The molecule has 48 valence electrons. The number of carboxylic acids is 1. The minimum atomic E-state index is -0.833. The second kappa shape index (κ2) is 9.37. The van der Waals surface area contributed by atoms with Gasteiger partial charge >= 0.3 is 28.3 Å². The molecule has 0 amide bonds. The van der Waals surface area contributed by atoms with Crippen LogP contribution in [0, 0.1) is 0 Å². The van der Waals surface area contributed by atoms with Crippen molar-refractivity contribution in [2.75, 3.05) is 0 Å². The molecule has 0 aromatic heterocycles. The maximum atomic E-state index is 9.00. The molecule has 0 bridgehead atoms. The third-order valence-electron chi connectivity index (χ3n) is 0. The van der Waals surface area contributed by atoms with Gasteiger partial charge in [-0.15, -0.1) is 0 Å². The Balaban J connectivity index is 0. The first-order valence-corrected chi connectivity index (χ1v) is 2.51. The molecule has 7 heavy (non-hydrogen) atoms. The number of rotatable bonds is 0. The van der Waals surface area contributed by atoms with E-state index in [9.17, 15) is 0 Å². The van der Waals surface area contributed by atoms with Crippen molar-refractivity contribution in [1.29, 1.82) is 0 Å². The van der Waals surface area contributed by atoms with Crippen molar-refractivity contribution in [3.63, 3.8) is 0 Å². The third-order valence-corrected chi connectivity index (χ3v) is 0.